The van der Waals surface area contributed by atoms with E-state index in [9.17, 15) is 4.79 Å². The number of H-pyrrole nitrogens is 1. The molecule has 138 valence electrons. The number of aromatic amines is 1. The first-order valence-electron chi connectivity index (χ1n) is 8.28. The summed E-state index contributed by atoms with van der Waals surface area (Å²) in [5.41, 5.74) is 3.13. The number of nitrogens with zero attached hydrogens (tertiary/aromatic N) is 3. The number of thiophene rings is 1. The van der Waals surface area contributed by atoms with Gasteiger partial charge in [-0.3, -0.25) is 4.79 Å². The van der Waals surface area contributed by atoms with Crippen LogP contribution < -0.4 is 10.9 Å². The molecule has 6 nitrogen and oxygen atoms in total. The molecule has 0 saturated heterocycles. The van der Waals surface area contributed by atoms with E-state index in [1.807, 2.05) is 14.0 Å². The quantitative estimate of drug-likeness (QED) is 0.469. The van der Waals surface area contributed by atoms with Gasteiger partial charge in [-0.1, -0.05) is 52.9 Å². The first kappa shape index (κ1) is 18.1. The summed E-state index contributed by atoms with van der Waals surface area (Å²) in [6, 6.07) is 8.24. The van der Waals surface area contributed by atoms with E-state index in [2.05, 4.69) is 56.7 Å². The molecule has 3 heterocycles. The van der Waals surface area contributed by atoms with Crippen molar-refractivity contribution in [2.75, 3.05) is 12.4 Å². The molecule has 3 aromatic heterocycles. The molecule has 2 N–H and O–H groups in total. The van der Waals surface area contributed by atoms with E-state index in [1.54, 1.807) is 11.3 Å². The molecule has 0 unspecified atom stereocenters. The summed E-state index contributed by atoms with van der Waals surface area (Å²) in [5.74, 6) is 1.19. The lowest BCUT2D eigenvalue weighted by Gasteiger charge is -2.03. The van der Waals surface area contributed by atoms with Crippen LogP contribution in [0.4, 0.5) is 5.13 Å². The van der Waals surface area contributed by atoms with Gasteiger partial charge in [0.25, 0.3) is 5.56 Å². The van der Waals surface area contributed by atoms with E-state index < -0.39 is 0 Å². The third-order valence-corrected chi connectivity index (χ3v) is 7.16. The van der Waals surface area contributed by atoms with Crippen molar-refractivity contribution in [3.05, 3.63) is 50.9 Å². The first-order chi connectivity index (χ1) is 13.0. The Morgan fingerprint density at radius 2 is 1.93 bits per heavy atom. The molecule has 0 aliphatic carbocycles. The van der Waals surface area contributed by atoms with E-state index in [-0.39, 0.29) is 5.56 Å². The maximum atomic E-state index is 12.8. The van der Waals surface area contributed by atoms with E-state index in [1.165, 1.54) is 28.7 Å². The molecule has 27 heavy (non-hydrogen) atoms. The average molecular weight is 416 g/mol. The Labute approximate surface area is 168 Å². The number of aryl methyl sites for hydroxylation is 2. The molecule has 0 saturated carbocycles. The molecule has 4 rings (SSSR count). The van der Waals surface area contributed by atoms with Crippen molar-refractivity contribution in [1.29, 1.82) is 0 Å². The Morgan fingerprint density at radius 1 is 1.15 bits per heavy atom. The Hall–Kier alpha value is -2.23. The molecule has 9 heteroatoms. The van der Waals surface area contributed by atoms with E-state index >= 15 is 0 Å². The lowest BCUT2D eigenvalue weighted by molar-refractivity contribution is 1.00. The van der Waals surface area contributed by atoms with Gasteiger partial charge in [0.15, 0.2) is 4.34 Å². The van der Waals surface area contributed by atoms with Crippen LogP contribution in [0.1, 0.15) is 16.3 Å². The summed E-state index contributed by atoms with van der Waals surface area (Å²) in [7, 11) is 1.81. The fraction of sp³-hybridized carbons (Fsp3) is 0.222. The second-order valence-corrected chi connectivity index (χ2v) is 9.41. The number of aromatic nitrogens is 4. The van der Waals surface area contributed by atoms with Crippen LogP contribution in [0.5, 0.6) is 0 Å². The number of nitrogens with one attached hydrogen (secondary N) is 2. The van der Waals surface area contributed by atoms with Crippen LogP contribution in [0.25, 0.3) is 21.3 Å². The molecule has 1 aromatic carbocycles. The summed E-state index contributed by atoms with van der Waals surface area (Å²) in [6.45, 7) is 4.09. The van der Waals surface area contributed by atoms with E-state index in [4.69, 9.17) is 0 Å². The Bertz CT molecular complexity index is 1160. The minimum atomic E-state index is -0.0938. The number of rotatable bonds is 5. The third-order valence-electron chi connectivity index (χ3n) is 4.08. The maximum Gasteiger partial charge on any atom is 0.260 e. The predicted molar refractivity (Wildman–Crippen MR) is 114 cm³/mol. The summed E-state index contributed by atoms with van der Waals surface area (Å²) in [5, 5.41) is 12.5. The number of hydrogen-bond donors (Lipinski definition) is 2. The molecule has 0 atom stereocenters. The molecule has 0 fully saturated rings. The minimum Gasteiger partial charge on any atom is -0.363 e. The highest BCUT2D eigenvalue weighted by molar-refractivity contribution is 8.00. The molecule has 0 radical (unpaired) electrons. The molecular weight excluding hydrogens is 398 g/mol. The molecule has 0 spiro atoms. The number of thioether (sulfide) groups is 1. The minimum absolute atomic E-state index is 0.0938. The zero-order chi connectivity index (χ0) is 19.0. The Balaban J connectivity index is 1.68. The fourth-order valence-electron chi connectivity index (χ4n) is 2.80. The third kappa shape index (κ3) is 3.62. The smallest absolute Gasteiger partial charge is 0.260 e. The van der Waals surface area contributed by atoms with Crippen LogP contribution in [0.3, 0.4) is 0 Å². The highest BCUT2D eigenvalue weighted by Crippen LogP contribution is 2.36. The predicted octanol–water partition coefficient (Wildman–Crippen LogP) is 4.45. The molecule has 0 aliphatic heterocycles. The van der Waals surface area contributed by atoms with Gasteiger partial charge in [-0.05, 0) is 19.4 Å². The number of hydrogen-bond acceptors (Lipinski definition) is 8. The second-order valence-electron chi connectivity index (χ2n) is 6.00. The van der Waals surface area contributed by atoms with Crippen LogP contribution in [0, 0.1) is 13.8 Å². The molecule has 0 amide bonds. The van der Waals surface area contributed by atoms with E-state index in [0.717, 1.165) is 30.3 Å². The van der Waals surface area contributed by atoms with Crippen molar-refractivity contribution in [2.45, 2.75) is 23.9 Å². The van der Waals surface area contributed by atoms with Crippen LogP contribution in [-0.2, 0) is 5.75 Å². The maximum absolute atomic E-state index is 12.8. The van der Waals surface area contributed by atoms with Gasteiger partial charge in [-0.15, -0.1) is 21.5 Å². The zero-order valence-electron chi connectivity index (χ0n) is 15.0. The average Bonchev–Trinajstić information content (AvgIpc) is 3.24. The van der Waals surface area contributed by atoms with Crippen molar-refractivity contribution in [3.8, 4) is 11.1 Å². The molecular formula is C18H17N5OS3. The lowest BCUT2D eigenvalue weighted by Crippen LogP contribution is -2.10. The van der Waals surface area contributed by atoms with Gasteiger partial charge in [0, 0.05) is 17.5 Å². The van der Waals surface area contributed by atoms with Crippen molar-refractivity contribution < 1.29 is 0 Å². The summed E-state index contributed by atoms with van der Waals surface area (Å²) in [4.78, 5) is 22.3. The molecule has 0 bridgehead atoms. The zero-order valence-corrected chi connectivity index (χ0v) is 17.4. The van der Waals surface area contributed by atoms with Crippen LogP contribution in [0.2, 0.25) is 0 Å². The van der Waals surface area contributed by atoms with Crippen molar-refractivity contribution in [2.24, 2.45) is 0 Å². The Kier molecular flexibility index (Phi) is 4.98. The SMILES string of the molecule is CNc1nnc(SCc2nc3sc(C)c(-c4ccc(C)cc4)c3c(=O)[nH]2)s1. The molecule has 4 aromatic rings. The van der Waals surface area contributed by atoms with Gasteiger partial charge in [-0.2, -0.15) is 0 Å². The summed E-state index contributed by atoms with van der Waals surface area (Å²) in [6.07, 6.45) is 0. The van der Waals surface area contributed by atoms with Gasteiger partial charge < -0.3 is 10.3 Å². The van der Waals surface area contributed by atoms with Crippen molar-refractivity contribution >= 4 is 49.8 Å². The van der Waals surface area contributed by atoms with Crippen molar-refractivity contribution in [3.63, 3.8) is 0 Å². The van der Waals surface area contributed by atoms with Crippen molar-refractivity contribution in [1.82, 2.24) is 20.2 Å². The molecule has 0 aliphatic rings. The van der Waals surface area contributed by atoms with Gasteiger partial charge in [0.05, 0.1) is 11.1 Å². The second kappa shape index (κ2) is 7.41. The fourth-order valence-corrected chi connectivity index (χ4v) is 5.44. The number of benzene rings is 1. The number of anilines is 1. The van der Waals surface area contributed by atoms with Crippen LogP contribution >= 0.6 is 34.4 Å². The highest BCUT2D eigenvalue weighted by atomic mass is 32.2. The van der Waals surface area contributed by atoms with Gasteiger partial charge in [0.1, 0.15) is 10.7 Å². The van der Waals surface area contributed by atoms with E-state index in [0.29, 0.717) is 17.0 Å². The van der Waals surface area contributed by atoms with Gasteiger partial charge in [-0.25, -0.2) is 4.98 Å². The first-order valence-corrected chi connectivity index (χ1v) is 10.9. The largest absolute Gasteiger partial charge is 0.363 e. The van der Waals surface area contributed by atoms with Crippen LogP contribution in [-0.4, -0.2) is 27.2 Å². The summed E-state index contributed by atoms with van der Waals surface area (Å²) < 4.78 is 0.838. The highest BCUT2D eigenvalue weighted by Gasteiger charge is 2.17. The lowest BCUT2D eigenvalue weighted by atomic mass is 10.0. The van der Waals surface area contributed by atoms with Crippen LogP contribution in [0.15, 0.2) is 33.4 Å². The van der Waals surface area contributed by atoms with Gasteiger partial charge in [0.2, 0.25) is 5.13 Å². The van der Waals surface area contributed by atoms with Gasteiger partial charge >= 0.3 is 0 Å². The monoisotopic (exact) mass is 415 g/mol. The topological polar surface area (TPSA) is 83.6 Å². The number of fused-ring (bicyclic) bond motifs is 1. The standard InChI is InChI=1S/C18H17N5OS3/c1-9-4-6-11(7-5-9)13-10(2)26-16-14(13)15(24)20-12(21-16)8-25-18-23-22-17(19-3)27-18/h4-7H,8H2,1-3H3,(H,19,22)(H,20,21,24). The summed E-state index contributed by atoms with van der Waals surface area (Å²) >= 11 is 4.55. The normalized spacial score (nSPS) is 11.2. The Morgan fingerprint density at radius 3 is 2.63 bits per heavy atom.